The van der Waals surface area contributed by atoms with Crippen molar-refractivity contribution in [1.82, 2.24) is 13.6 Å². The minimum atomic E-state index is -3.90. The van der Waals surface area contributed by atoms with Gasteiger partial charge < -0.3 is 13.9 Å². The summed E-state index contributed by atoms with van der Waals surface area (Å²) in [5, 5.41) is 0. The van der Waals surface area contributed by atoms with Crippen molar-refractivity contribution in [3.05, 3.63) is 71.1 Å². The fraction of sp³-hybridized carbons (Fsp3) is 0.429. The number of carbonyl (C=O) groups excluding carboxylic acids is 1. The molecule has 9 nitrogen and oxygen atoms in total. The van der Waals surface area contributed by atoms with Crippen molar-refractivity contribution in [2.75, 3.05) is 26.8 Å². The van der Waals surface area contributed by atoms with Crippen LogP contribution in [0.5, 0.6) is 5.75 Å². The number of nitrogens with zero attached hydrogens (tertiary/aromatic N) is 3. The Labute approximate surface area is 225 Å². The number of aryl methyl sites for hydroxylation is 2. The molecule has 0 saturated heterocycles. The quantitative estimate of drug-likeness (QED) is 0.292. The van der Waals surface area contributed by atoms with Gasteiger partial charge in [0.15, 0.2) is 0 Å². The van der Waals surface area contributed by atoms with Crippen molar-refractivity contribution in [3.63, 3.8) is 0 Å². The molecule has 0 N–H and O–H groups in total. The fourth-order valence-electron chi connectivity index (χ4n) is 3.70. The van der Waals surface area contributed by atoms with E-state index in [1.807, 2.05) is 38.1 Å². The Morgan fingerprint density at radius 1 is 1.11 bits per heavy atom. The maximum Gasteiger partial charge on any atom is 0.321 e. The summed E-state index contributed by atoms with van der Waals surface area (Å²) in [6, 6.07) is 14.9. The van der Waals surface area contributed by atoms with Crippen LogP contribution < -0.4 is 4.74 Å². The molecule has 0 fully saturated rings. The standard InChI is InChI=1S/C28H37N3O6S/c1-7-35-27(32)19-31(38(33,34)30(6)20(2)3)18-23-9-8-10-25(17-23)36-16-15-26-22(5)37-28(29-26)24-13-11-21(4)12-14-24/h8-14,17,20H,7,15-16,18-19H2,1-6H3. The zero-order valence-corrected chi connectivity index (χ0v) is 23.7. The Bertz CT molecular complexity index is 1320. The molecule has 0 saturated carbocycles. The first-order valence-electron chi connectivity index (χ1n) is 12.6. The first kappa shape index (κ1) is 29.3. The Kier molecular flexibility index (Phi) is 10.1. The van der Waals surface area contributed by atoms with E-state index in [1.54, 1.807) is 45.0 Å². The first-order valence-corrected chi connectivity index (χ1v) is 14.0. The van der Waals surface area contributed by atoms with E-state index < -0.39 is 16.2 Å². The second kappa shape index (κ2) is 13.0. The molecule has 38 heavy (non-hydrogen) atoms. The second-order valence-electron chi connectivity index (χ2n) is 9.32. The Balaban J connectivity index is 1.68. The molecule has 0 aliphatic rings. The lowest BCUT2D eigenvalue weighted by atomic mass is 10.1. The lowest BCUT2D eigenvalue weighted by Crippen LogP contribution is -2.46. The number of aromatic nitrogens is 1. The highest BCUT2D eigenvalue weighted by atomic mass is 32.2. The summed E-state index contributed by atoms with van der Waals surface area (Å²) in [5.74, 6) is 1.31. The van der Waals surface area contributed by atoms with E-state index in [0.29, 0.717) is 30.2 Å². The van der Waals surface area contributed by atoms with Crippen molar-refractivity contribution < 1.29 is 27.1 Å². The zero-order valence-electron chi connectivity index (χ0n) is 22.9. The molecular formula is C28H37N3O6S. The van der Waals surface area contributed by atoms with Gasteiger partial charge in [0, 0.05) is 31.6 Å². The topological polar surface area (TPSA) is 102 Å². The molecule has 0 aliphatic heterocycles. The highest BCUT2D eigenvalue weighted by Crippen LogP contribution is 2.23. The zero-order chi connectivity index (χ0) is 27.9. The summed E-state index contributed by atoms with van der Waals surface area (Å²) in [6.07, 6.45) is 0.550. The van der Waals surface area contributed by atoms with E-state index in [9.17, 15) is 13.2 Å². The molecule has 0 unspecified atom stereocenters. The molecule has 2 aromatic carbocycles. The molecule has 0 amide bonds. The molecule has 0 bridgehead atoms. The van der Waals surface area contributed by atoms with Crippen LogP contribution in [0.4, 0.5) is 0 Å². The molecule has 1 aromatic heterocycles. The Hall–Kier alpha value is -3.21. The number of ether oxygens (including phenoxy) is 2. The summed E-state index contributed by atoms with van der Waals surface area (Å²) in [6.45, 7) is 9.30. The molecule has 0 spiro atoms. The summed E-state index contributed by atoms with van der Waals surface area (Å²) in [7, 11) is -2.41. The number of carbonyl (C=O) groups is 1. The van der Waals surface area contributed by atoms with Crippen LogP contribution in [0.1, 0.15) is 43.4 Å². The summed E-state index contributed by atoms with van der Waals surface area (Å²) in [5.41, 5.74) is 3.59. The smallest absolute Gasteiger partial charge is 0.321 e. The van der Waals surface area contributed by atoms with Crippen molar-refractivity contribution in [3.8, 4) is 17.2 Å². The van der Waals surface area contributed by atoms with Gasteiger partial charge in [-0.25, -0.2) is 4.98 Å². The summed E-state index contributed by atoms with van der Waals surface area (Å²) >= 11 is 0. The maximum absolute atomic E-state index is 13.2. The third-order valence-electron chi connectivity index (χ3n) is 6.08. The third kappa shape index (κ3) is 7.66. The van der Waals surface area contributed by atoms with Crippen molar-refractivity contribution in [2.24, 2.45) is 0 Å². The summed E-state index contributed by atoms with van der Waals surface area (Å²) in [4.78, 5) is 16.8. The van der Waals surface area contributed by atoms with E-state index in [4.69, 9.17) is 13.9 Å². The molecular weight excluding hydrogens is 506 g/mol. The maximum atomic E-state index is 13.2. The largest absolute Gasteiger partial charge is 0.493 e. The van der Waals surface area contributed by atoms with Gasteiger partial charge in [0.05, 0.1) is 18.9 Å². The highest BCUT2D eigenvalue weighted by Gasteiger charge is 2.31. The number of hydrogen-bond acceptors (Lipinski definition) is 7. The van der Waals surface area contributed by atoms with Gasteiger partial charge in [0.1, 0.15) is 18.1 Å². The van der Waals surface area contributed by atoms with Crippen LogP contribution in [0, 0.1) is 13.8 Å². The average molecular weight is 544 g/mol. The molecule has 3 rings (SSSR count). The molecule has 0 aliphatic carbocycles. The third-order valence-corrected chi connectivity index (χ3v) is 8.14. The van der Waals surface area contributed by atoms with E-state index in [-0.39, 0.29) is 25.7 Å². The first-order chi connectivity index (χ1) is 18.0. The summed E-state index contributed by atoms with van der Waals surface area (Å²) < 4.78 is 45.5. The van der Waals surface area contributed by atoms with Crippen LogP contribution in [0.15, 0.2) is 52.9 Å². The molecule has 0 radical (unpaired) electrons. The number of oxazole rings is 1. The molecule has 0 atom stereocenters. The van der Waals surface area contributed by atoms with Crippen LogP contribution in [0.3, 0.4) is 0 Å². The SMILES string of the molecule is CCOC(=O)CN(Cc1cccc(OCCc2nc(-c3ccc(C)cc3)oc2C)c1)S(=O)(=O)N(C)C(C)C. The van der Waals surface area contributed by atoms with E-state index in [0.717, 1.165) is 21.3 Å². The number of esters is 1. The lowest BCUT2D eigenvalue weighted by molar-refractivity contribution is -0.143. The van der Waals surface area contributed by atoms with Crippen LogP contribution in [0.25, 0.3) is 11.5 Å². The highest BCUT2D eigenvalue weighted by molar-refractivity contribution is 7.86. The molecule has 3 aromatic rings. The second-order valence-corrected chi connectivity index (χ2v) is 11.3. The average Bonchev–Trinajstić information content (AvgIpc) is 3.24. The van der Waals surface area contributed by atoms with Gasteiger partial charge in [0.25, 0.3) is 10.2 Å². The number of rotatable bonds is 13. The molecule has 206 valence electrons. The van der Waals surface area contributed by atoms with Crippen LogP contribution in [-0.2, 0) is 32.7 Å². The predicted octanol–water partition coefficient (Wildman–Crippen LogP) is 4.53. The van der Waals surface area contributed by atoms with Crippen LogP contribution in [0.2, 0.25) is 0 Å². The van der Waals surface area contributed by atoms with Gasteiger partial charge in [-0.1, -0.05) is 29.8 Å². The van der Waals surface area contributed by atoms with E-state index >= 15 is 0 Å². The lowest BCUT2D eigenvalue weighted by Gasteiger charge is -2.29. The fourth-order valence-corrected chi connectivity index (χ4v) is 5.18. The van der Waals surface area contributed by atoms with E-state index in [2.05, 4.69) is 4.98 Å². The van der Waals surface area contributed by atoms with Crippen molar-refractivity contribution >= 4 is 16.2 Å². The van der Waals surface area contributed by atoms with Crippen molar-refractivity contribution in [2.45, 2.75) is 53.6 Å². The normalized spacial score (nSPS) is 11.9. The minimum Gasteiger partial charge on any atom is -0.493 e. The van der Waals surface area contributed by atoms with Gasteiger partial charge in [-0.05, 0) is 64.4 Å². The molecule has 10 heteroatoms. The van der Waals surface area contributed by atoms with Gasteiger partial charge in [-0.2, -0.15) is 17.0 Å². The molecule has 1 heterocycles. The van der Waals surface area contributed by atoms with Gasteiger partial charge in [-0.3, -0.25) is 4.79 Å². The number of hydrogen-bond donors (Lipinski definition) is 0. The van der Waals surface area contributed by atoms with Gasteiger partial charge >= 0.3 is 5.97 Å². The monoisotopic (exact) mass is 543 g/mol. The Morgan fingerprint density at radius 2 is 1.82 bits per heavy atom. The Morgan fingerprint density at radius 3 is 2.47 bits per heavy atom. The van der Waals surface area contributed by atoms with Gasteiger partial charge in [0.2, 0.25) is 5.89 Å². The van der Waals surface area contributed by atoms with Crippen LogP contribution >= 0.6 is 0 Å². The van der Waals surface area contributed by atoms with E-state index in [1.165, 1.54) is 16.9 Å². The van der Waals surface area contributed by atoms with Crippen LogP contribution in [-0.4, -0.2) is 60.8 Å². The predicted molar refractivity (Wildman–Crippen MR) is 146 cm³/mol. The number of benzene rings is 2. The van der Waals surface area contributed by atoms with Crippen molar-refractivity contribution in [1.29, 1.82) is 0 Å². The van der Waals surface area contributed by atoms with Gasteiger partial charge in [-0.15, -0.1) is 0 Å². The minimum absolute atomic E-state index is 0.00227.